The molecule has 0 amide bonds. The molecule has 0 bridgehead atoms. The highest BCUT2D eigenvalue weighted by Gasteiger charge is 2.31. The molecule has 6 heteroatoms. The molecule has 1 unspecified atom stereocenters. The number of halogens is 5. The average molecular weight is 300 g/mol. The molecule has 1 nitrogen and oxygen atoms in total. The summed E-state index contributed by atoms with van der Waals surface area (Å²) in [5, 5.41) is -0.161. The number of nitrogens with zero attached hydrogens (tertiary/aromatic N) is 1. The highest BCUT2D eigenvalue weighted by atomic mass is 35.5. The summed E-state index contributed by atoms with van der Waals surface area (Å²) >= 11 is 11.9. The lowest BCUT2D eigenvalue weighted by atomic mass is 10.0. The Balaban J connectivity index is 2.80. The zero-order valence-electron chi connectivity index (χ0n) is 10.1. The van der Waals surface area contributed by atoms with E-state index in [4.69, 9.17) is 23.2 Å². The molecule has 0 fully saturated rings. The third kappa shape index (κ3) is 4.65. The van der Waals surface area contributed by atoms with Gasteiger partial charge in [-0.15, -0.1) is 11.6 Å². The summed E-state index contributed by atoms with van der Waals surface area (Å²) in [5.74, 6) is 0.417. The molecule has 0 aliphatic heterocycles. The SMILES string of the molecule is CC(C)CC(Cl)Cc1ncc(C(F)(F)F)cc1Cl. The number of aromatic nitrogens is 1. The molecule has 102 valence electrons. The summed E-state index contributed by atoms with van der Waals surface area (Å²) in [5.41, 5.74) is -0.434. The van der Waals surface area contributed by atoms with Crippen molar-refractivity contribution in [1.82, 2.24) is 4.98 Å². The maximum atomic E-state index is 12.4. The lowest BCUT2D eigenvalue weighted by Crippen LogP contribution is -2.11. The molecule has 1 atom stereocenters. The van der Waals surface area contributed by atoms with Gasteiger partial charge < -0.3 is 0 Å². The van der Waals surface area contributed by atoms with Crippen molar-refractivity contribution in [3.8, 4) is 0 Å². The van der Waals surface area contributed by atoms with E-state index in [1.54, 1.807) is 0 Å². The van der Waals surface area contributed by atoms with Crippen LogP contribution in [0, 0.1) is 5.92 Å². The predicted octanol–water partition coefficient (Wildman–Crippen LogP) is 4.95. The Morgan fingerprint density at radius 3 is 2.39 bits per heavy atom. The molecule has 1 aromatic rings. The van der Waals surface area contributed by atoms with E-state index in [1.807, 2.05) is 13.8 Å². The van der Waals surface area contributed by atoms with Gasteiger partial charge in [0.1, 0.15) is 0 Å². The van der Waals surface area contributed by atoms with E-state index in [9.17, 15) is 13.2 Å². The molecule has 0 aromatic carbocycles. The zero-order chi connectivity index (χ0) is 13.9. The van der Waals surface area contributed by atoms with Gasteiger partial charge in [-0.25, -0.2) is 0 Å². The minimum absolute atomic E-state index is 0.0132. The van der Waals surface area contributed by atoms with Gasteiger partial charge in [0, 0.05) is 18.0 Å². The normalized spacial score (nSPS) is 14.0. The van der Waals surface area contributed by atoms with Crippen molar-refractivity contribution in [1.29, 1.82) is 0 Å². The third-order valence-electron chi connectivity index (χ3n) is 2.39. The van der Waals surface area contributed by atoms with Crippen molar-refractivity contribution in [2.45, 2.75) is 38.2 Å². The van der Waals surface area contributed by atoms with Crippen molar-refractivity contribution < 1.29 is 13.2 Å². The van der Waals surface area contributed by atoms with Gasteiger partial charge in [0.15, 0.2) is 0 Å². The minimum Gasteiger partial charge on any atom is -0.259 e. The van der Waals surface area contributed by atoms with E-state index in [2.05, 4.69) is 4.98 Å². The van der Waals surface area contributed by atoms with E-state index >= 15 is 0 Å². The summed E-state index contributed by atoms with van der Waals surface area (Å²) in [7, 11) is 0. The first kappa shape index (κ1) is 15.6. The number of pyridine rings is 1. The molecular formula is C12H14Cl2F3N. The van der Waals surface area contributed by atoms with Crippen LogP contribution in [0.4, 0.5) is 13.2 Å². The molecular weight excluding hydrogens is 286 g/mol. The fourth-order valence-corrected chi connectivity index (χ4v) is 2.32. The van der Waals surface area contributed by atoms with Crippen LogP contribution < -0.4 is 0 Å². The Bertz CT molecular complexity index is 405. The van der Waals surface area contributed by atoms with Gasteiger partial charge >= 0.3 is 6.18 Å². The molecule has 0 saturated heterocycles. The van der Waals surface area contributed by atoms with E-state index in [0.717, 1.165) is 18.7 Å². The van der Waals surface area contributed by atoms with Crippen LogP contribution in [0.3, 0.4) is 0 Å². The van der Waals surface area contributed by atoms with E-state index < -0.39 is 11.7 Å². The van der Waals surface area contributed by atoms with Gasteiger partial charge in [-0.1, -0.05) is 25.4 Å². The van der Waals surface area contributed by atoms with E-state index in [0.29, 0.717) is 18.0 Å². The first-order valence-corrected chi connectivity index (χ1v) is 6.37. The predicted molar refractivity (Wildman–Crippen MR) is 67.0 cm³/mol. The maximum Gasteiger partial charge on any atom is 0.417 e. The van der Waals surface area contributed by atoms with Crippen LogP contribution in [0.1, 0.15) is 31.5 Å². The largest absolute Gasteiger partial charge is 0.417 e. The fraction of sp³-hybridized carbons (Fsp3) is 0.583. The average Bonchev–Trinajstić information content (AvgIpc) is 2.18. The molecule has 0 aliphatic carbocycles. The smallest absolute Gasteiger partial charge is 0.259 e. The van der Waals surface area contributed by atoms with Crippen molar-refractivity contribution in [3.05, 3.63) is 28.5 Å². The summed E-state index contributed by atoms with van der Waals surface area (Å²) in [6.45, 7) is 4.05. The molecule has 0 aliphatic rings. The number of hydrogen-bond acceptors (Lipinski definition) is 1. The van der Waals surface area contributed by atoms with Crippen molar-refractivity contribution >= 4 is 23.2 Å². The Morgan fingerprint density at radius 2 is 1.94 bits per heavy atom. The lowest BCUT2D eigenvalue weighted by molar-refractivity contribution is -0.137. The van der Waals surface area contributed by atoms with Crippen LogP contribution >= 0.6 is 23.2 Å². The molecule has 0 radical (unpaired) electrons. The highest BCUT2D eigenvalue weighted by Crippen LogP contribution is 2.31. The van der Waals surface area contributed by atoms with Gasteiger partial charge in [0.25, 0.3) is 0 Å². The van der Waals surface area contributed by atoms with Gasteiger partial charge in [0.2, 0.25) is 0 Å². The Labute approximate surface area is 114 Å². The highest BCUT2D eigenvalue weighted by molar-refractivity contribution is 6.31. The standard InChI is InChI=1S/C12H14Cl2F3N/c1-7(2)3-9(13)5-11-10(14)4-8(6-18-11)12(15,16)17/h4,6-7,9H,3,5H2,1-2H3. The van der Waals surface area contributed by atoms with Gasteiger partial charge in [-0.3, -0.25) is 4.98 Å². The Kier molecular flexibility index (Phi) is 5.29. The first-order chi connectivity index (χ1) is 8.20. The van der Waals surface area contributed by atoms with Crippen LogP contribution in [-0.2, 0) is 12.6 Å². The van der Waals surface area contributed by atoms with Gasteiger partial charge in [-0.2, -0.15) is 13.2 Å². The number of hydrogen-bond donors (Lipinski definition) is 0. The van der Waals surface area contributed by atoms with E-state index in [1.165, 1.54) is 0 Å². The van der Waals surface area contributed by atoms with Crippen molar-refractivity contribution in [3.63, 3.8) is 0 Å². The molecule has 0 saturated carbocycles. The zero-order valence-corrected chi connectivity index (χ0v) is 11.6. The van der Waals surface area contributed by atoms with Crippen LogP contribution in [-0.4, -0.2) is 10.4 Å². The van der Waals surface area contributed by atoms with E-state index in [-0.39, 0.29) is 10.4 Å². The molecule has 1 rings (SSSR count). The fourth-order valence-electron chi connectivity index (χ4n) is 1.58. The Hall–Kier alpha value is -0.480. The summed E-state index contributed by atoms with van der Waals surface area (Å²) in [6.07, 6.45) is -2.50. The van der Waals surface area contributed by atoms with Crippen LogP contribution in [0.2, 0.25) is 5.02 Å². The lowest BCUT2D eigenvalue weighted by Gasteiger charge is -2.13. The third-order valence-corrected chi connectivity index (χ3v) is 3.05. The first-order valence-electron chi connectivity index (χ1n) is 5.55. The molecule has 0 N–H and O–H groups in total. The summed E-state index contributed by atoms with van der Waals surface area (Å²) in [6, 6.07) is 0.892. The monoisotopic (exact) mass is 299 g/mol. The van der Waals surface area contributed by atoms with Crippen LogP contribution in [0.15, 0.2) is 12.3 Å². The second-order valence-electron chi connectivity index (χ2n) is 4.58. The second kappa shape index (κ2) is 6.11. The second-order valence-corrected chi connectivity index (χ2v) is 5.61. The van der Waals surface area contributed by atoms with Crippen molar-refractivity contribution in [2.24, 2.45) is 5.92 Å². The summed E-state index contributed by atoms with van der Waals surface area (Å²) in [4.78, 5) is 3.76. The van der Waals surface area contributed by atoms with Crippen LogP contribution in [0.25, 0.3) is 0 Å². The van der Waals surface area contributed by atoms with Crippen LogP contribution in [0.5, 0.6) is 0 Å². The topological polar surface area (TPSA) is 12.9 Å². The molecule has 18 heavy (non-hydrogen) atoms. The summed E-state index contributed by atoms with van der Waals surface area (Å²) < 4.78 is 37.2. The molecule has 0 spiro atoms. The minimum atomic E-state index is -4.42. The number of rotatable bonds is 4. The molecule has 1 heterocycles. The van der Waals surface area contributed by atoms with Gasteiger partial charge in [0.05, 0.1) is 16.3 Å². The Morgan fingerprint density at radius 1 is 1.33 bits per heavy atom. The number of alkyl halides is 4. The van der Waals surface area contributed by atoms with Gasteiger partial charge in [-0.05, 0) is 18.4 Å². The quantitative estimate of drug-likeness (QED) is 0.717. The maximum absolute atomic E-state index is 12.4. The molecule has 1 aromatic heterocycles. The van der Waals surface area contributed by atoms with Crippen molar-refractivity contribution in [2.75, 3.05) is 0 Å².